The van der Waals surface area contributed by atoms with Crippen LogP contribution in [0.4, 0.5) is 10.5 Å². The Labute approximate surface area is 145 Å². The summed E-state index contributed by atoms with van der Waals surface area (Å²) in [6.07, 6.45) is 0. The monoisotopic (exact) mass is 363 g/mol. The first-order valence-corrected chi connectivity index (χ1v) is 8.66. The van der Waals surface area contributed by atoms with Gasteiger partial charge >= 0.3 is 6.03 Å². The van der Waals surface area contributed by atoms with Gasteiger partial charge in [-0.25, -0.2) is 18.4 Å². The highest BCUT2D eigenvalue weighted by atomic mass is 32.2. The Balaban J connectivity index is 2.62. The highest BCUT2D eigenvalue weighted by Crippen LogP contribution is 2.27. The van der Waals surface area contributed by atoms with Crippen LogP contribution >= 0.6 is 0 Å². The van der Waals surface area contributed by atoms with Gasteiger partial charge in [0.1, 0.15) is 5.75 Å². The van der Waals surface area contributed by atoms with Crippen LogP contribution in [0.5, 0.6) is 5.75 Å². The number of rotatable bonds is 5. The topological polar surface area (TPSA) is 128 Å². The highest BCUT2D eigenvalue weighted by molar-refractivity contribution is 7.89. The van der Waals surface area contributed by atoms with E-state index in [2.05, 4.69) is 10.6 Å². The maximum Gasteiger partial charge on any atom is 0.318 e. The Kier molecular flexibility index (Phi) is 5.40. The molecular formula is C16H17N3O5S. The van der Waals surface area contributed by atoms with Gasteiger partial charge in [-0.1, -0.05) is 12.1 Å². The van der Waals surface area contributed by atoms with Crippen LogP contribution in [0, 0.1) is 0 Å². The molecule has 0 bridgehead atoms. The Hall–Kier alpha value is -2.91. The molecule has 0 saturated carbocycles. The molecule has 2 aromatic rings. The number of amides is 2. The average Bonchev–Trinajstić information content (AvgIpc) is 2.60. The lowest BCUT2D eigenvalue weighted by Gasteiger charge is -2.13. The van der Waals surface area contributed by atoms with Gasteiger partial charge in [0.15, 0.2) is 5.78 Å². The number of sulfonamides is 1. The van der Waals surface area contributed by atoms with Crippen molar-refractivity contribution in [2.24, 2.45) is 5.14 Å². The molecule has 2 rings (SSSR count). The summed E-state index contributed by atoms with van der Waals surface area (Å²) in [5, 5.41) is 9.97. The van der Waals surface area contributed by atoms with Crippen molar-refractivity contribution in [1.82, 2.24) is 5.32 Å². The Morgan fingerprint density at radius 3 is 2.36 bits per heavy atom. The number of nitrogens with one attached hydrogen (secondary N) is 2. The molecule has 0 heterocycles. The molecule has 0 atom stereocenters. The van der Waals surface area contributed by atoms with Crippen molar-refractivity contribution in [3.8, 4) is 5.75 Å². The lowest BCUT2D eigenvalue weighted by molar-refractivity contribution is 0.103. The van der Waals surface area contributed by atoms with Crippen LogP contribution in [0.15, 0.2) is 47.4 Å². The predicted octanol–water partition coefficient (Wildman–Crippen LogP) is 1.32. The van der Waals surface area contributed by atoms with Crippen molar-refractivity contribution in [2.75, 3.05) is 19.5 Å². The van der Waals surface area contributed by atoms with Crippen LogP contribution in [0.3, 0.4) is 0 Å². The second-order valence-electron chi connectivity index (χ2n) is 4.99. The minimum absolute atomic E-state index is 0.0281. The summed E-state index contributed by atoms with van der Waals surface area (Å²) in [4.78, 5) is 24.3. The number of nitrogens with two attached hydrogens (primary N) is 1. The van der Waals surface area contributed by atoms with Crippen LogP contribution < -0.4 is 20.5 Å². The summed E-state index contributed by atoms with van der Waals surface area (Å²) in [7, 11) is -1.19. The number of methoxy groups -OCH3 is 1. The fourth-order valence-electron chi connectivity index (χ4n) is 2.16. The minimum Gasteiger partial charge on any atom is -0.496 e. The van der Waals surface area contributed by atoms with Crippen molar-refractivity contribution >= 4 is 27.5 Å². The fraction of sp³-hybridized carbons (Fsp3) is 0.125. The molecule has 0 aliphatic carbocycles. The van der Waals surface area contributed by atoms with Crippen molar-refractivity contribution in [2.45, 2.75) is 4.90 Å². The number of carbonyl (C=O) groups is 2. The molecule has 9 heteroatoms. The summed E-state index contributed by atoms with van der Waals surface area (Å²) >= 11 is 0. The third-order valence-corrected chi connectivity index (χ3v) is 4.30. The molecule has 0 fully saturated rings. The number of primary sulfonamides is 1. The summed E-state index contributed by atoms with van der Waals surface area (Å²) in [6.45, 7) is 0. The Bertz CT molecular complexity index is 925. The van der Waals surface area contributed by atoms with Gasteiger partial charge in [-0.05, 0) is 30.3 Å². The van der Waals surface area contributed by atoms with E-state index in [1.165, 1.54) is 32.4 Å². The van der Waals surface area contributed by atoms with Crippen LogP contribution in [0.25, 0.3) is 0 Å². The fourth-order valence-corrected chi connectivity index (χ4v) is 2.70. The molecule has 0 spiro atoms. The minimum atomic E-state index is -4.02. The second kappa shape index (κ2) is 7.32. The average molecular weight is 363 g/mol. The lowest BCUT2D eigenvalue weighted by atomic mass is 10.0. The van der Waals surface area contributed by atoms with Crippen LogP contribution in [0.1, 0.15) is 15.9 Å². The van der Waals surface area contributed by atoms with Gasteiger partial charge < -0.3 is 15.4 Å². The smallest absolute Gasteiger partial charge is 0.318 e. The molecular weight excluding hydrogens is 346 g/mol. The number of para-hydroxylation sites is 1. The molecule has 8 nitrogen and oxygen atoms in total. The maximum atomic E-state index is 12.9. The first-order chi connectivity index (χ1) is 11.8. The first-order valence-electron chi connectivity index (χ1n) is 7.11. The van der Waals surface area contributed by atoms with E-state index < -0.39 is 21.8 Å². The molecule has 2 amide bonds. The summed E-state index contributed by atoms with van der Waals surface area (Å²) < 4.78 is 28.4. The number of hydrogen-bond donors (Lipinski definition) is 3. The maximum absolute atomic E-state index is 12.9. The van der Waals surface area contributed by atoms with Gasteiger partial charge in [0.05, 0.1) is 23.3 Å². The number of anilines is 1. The molecule has 0 unspecified atom stereocenters. The number of ether oxygens (including phenoxy) is 1. The van der Waals surface area contributed by atoms with Gasteiger partial charge in [0.2, 0.25) is 10.0 Å². The van der Waals surface area contributed by atoms with Crippen molar-refractivity contribution in [3.05, 3.63) is 53.6 Å². The van der Waals surface area contributed by atoms with Crippen LogP contribution in [0.2, 0.25) is 0 Å². The van der Waals surface area contributed by atoms with E-state index in [1.807, 2.05) is 0 Å². The standard InChI is InChI=1S/C16H17N3O5S/c1-18-16(21)19-13-8-7-10(25(17,22)23)9-12(13)15(20)11-5-3-4-6-14(11)24-2/h3-9H,1-2H3,(H2,17,22,23)(H2,18,19,21). The predicted molar refractivity (Wildman–Crippen MR) is 92.3 cm³/mol. The van der Waals surface area contributed by atoms with E-state index in [9.17, 15) is 18.0 Å². The summed E-state index contributed by atoms with van der Waals surface area (Å²) in [5.41, 5.74) is 0.332. The third-order valence-electron chi connectivity index (χ3n) is 3.39. The molecule has 132 valence electrons. The molecule has 0 saturated heterocycles. The summed E-state index contributed by atoms with van der Waals surface area (Å²) in [5.74, 6) is -0.200. The van der Waals surface area contributed by atoms with Gasteiger partial charge in [-0.2, -0.15) is 0 Å². The number of hydrogen-bond acceptors (Lipinski definition) is 5. The number of benzene rings is 2. The largest absolute Gasteiger partial charge is 0.496 e. The van der Waals surface area contributed by atoms with E-state index in [-0.39, 0.29) is 21.7 Å². The van der Waals surface area contributed by atoms with E-state index in [4.69, 9.17) is 9.88 Å². The zero-order chi connectivity index (χ0) is 18.6. The lowest BCUT2D eigenvalue weighted by Crippen LogP contribution is -2.26. The SMILES string of the molecule is CNC(=O)Nc1ccc(S(N)(=O)=O)cc1C(=O)c1ccccc1OC. The molecule has 2 aromatic carbocycles. The number of ketones is 1. The molecule has 4 N–H and O–H groups in total. The van der Waals surface area contributed by atoms with E-state index in [0.29, 0.717) is 5.75 Å². The van der Waals surface area contributed by atoms with Crippen molar-refractivity contribution < 1.29 is 22.7 Å². The second-order valence-corrected chi connectivity index (χ2v) is 6.55. The van der Waals surface area contributed by atoms with Crippen LogP contribution in [-0.2, 0) is 10.0 Å². The van der Waals surface area contributed by atoms with E-state index in [0.717, 1.165) is 6.07 Å². The van der Waals surface area contributed by atoms with Gasteiger partial charge in [0, 0.05) is 12.6 Å². The zero-order valence-corrected chi connectivity index (χ0v) is 14.4. The Morgan fingerprint density at radius 1 is 1.08 bits per heavy atom. The first kappa shape index (κ1) is 18.4. The zero-order valence-electron chi connectivity index (χ0n) is 13.6. The number of urea groups is 1. The third kappa shape index (κ3) is 4.14. The van der Waals surface area contributed by atoms with Crippen LogP contribution in [-0.4, -0.2) is 34.4 Å². The van der Waals surface area contributed by atoms with E-state index >= 15 is 0 Å². The van der Waals surface area contributed by atoms with Crippen molar-refractivity contribution in [1.29, 1.82) is 0 Å². The quantitative estimate of drug-likeness (QED) is 0.691. The van der Waals surface area contributed by atoms with Crippen molar-refractivity contribution in [3.63, 3.8) is 0 Å². The summed E-state index contributed by atoms with van der Waals surface area (Å²) in [6, 6.07) is 9.55. The van der Waals surface area contributed by atoms with E-state index in [1.54, 1.807) is 18.2 Å². The molecule has 25 heavy (non-hydrogen) atoms. The normalized spacial score (nSPS) is 10.8. The van der Waals surface area contributed by atoms with Gasteiger partial charge in [-0.3, -0.25) is 4.79 Å². The Morgan fingerprint density at radius 2 is 1.76 bits per heavy atom. The number of carbonyl (C=O) groups excluding carboxylic acids is 2. The molecule has 0 aromatic heterocycles. The van der Waals surface area contributed by atoms with Gasteiger partial charge in [-0.15, -0.1) is 0 Å². The molecule has 0 aliphatic heterocycles. The highest BCUT2D eigenvalue weighted by Gasteiger charge is 2.21. The molecule has 0 aliphatic rings. The molecule has 0 radical (unpaired) electrons. The van der Waals surface area contributed by atoms with Gasteiger partial charge in [0.25, 0.3) is 0 Å².